The maximum atomic E-state index is 6.26. The number of rotatable bonds is 4. The largest absolute Gasteiger partial charge is 0.326 e. The van der Waals surface area contributed by atoms with E-state index < -0.39 is 0 Å². The van der Waals surface area contributed by atoms with E-state index in [9.17, 15) is 0 Å². The van der Waals surface area contributed by atoms with Crippen LogP contribution in [0.25, 0.3) is 11.3 Å². The second-order valence-corrected chi connectivity index (χ2v) is 6.81. The molecule has 0 bridgehead atoms. The molecule has 0 aliphatic carbocycles. The summed E-state index contributed by atoms with van der Waals surface area (Å²) < 4.78 is 2.04. The number of nitrogens with two attached hydrogens (primary N) is 1. The van der Waals surface area contributed by atoms with Gasteiger partial charge in [0.2, 0.25) is 0 Å². The van der Waals surface area contributed by atoms with Crippen molar-refractivity contribution in [2.24, 2.45) is 5.73 Å². The number of hydrogen-bond donors (Lipinski definition) is 2. The molecule has 3 N–H and O–H groups in total. The van der Waals surface area contributed by atoms with Crippen molar-refractivity contribution in [3.8, 4) is 11.3 Å². The van der Waals surface area contributed by atoms with E-state index in [1.807, 2.05) is 28.9 Å². The zero-order valence-electron chi connectivity index (χ0n) is 14.5. The number of aromatic nitrogens is 4. The van der Waals surface area contributed by atoms with Crippen LogP contribution in [0.3, 0.4) is 0 Å². The third-order valence-electron chi connectivity index (χ3n) is 4.48. The van der Waals surface area contributed by atoms with E-state index in [1.54, 1.807) is 0 Å². The summed E-state index contributed by atoms with van der Waals surface area (Å²) in [5.41, 5.74) is 9.48. The Morgan fingerprint density at radius 2 is 2.04 bits per heavy atom. The molecule has 0 saturated heterocycles. The molecule has 26 heavy (non-hydrogen) atoms. The summed E-state index contributed by atoms with van der Waals surface area (Å²) in [5.74, 6) is 1.48. The Morgan fingerprint density at radius 3 is 2.85 bits per heavy atom. The third kappa shape index (κ3) is 3.41. The lowest BCUT2D eigenvalue weighted by atomic mass is 10.1. The fourth-order valence-electron chi connectivity index (χ4n) is 3.05. The number of anilines is 2. The van der Waals surface area contributed by atoms with Gasteiger partial charge in [0.25, 0.3) is 0 Å². The predicted molar refractivity (Wildman–Crippen MR) is 102 cm³/mol. The molecule has 0 saturated carbocycles. The van der Waals surface area contributed by atoms with Crippen molar-refractivity contribution in [3.05, 3.63) is 52.9 Å². The minimum Gasteiger partial charge on any atom is -0.326 e. The first-order chi connectivity index (χ1) is 12.6. The molecule has 8 heteroatoms. The van der Waals surface area contributed by atoms with Gasteiger partial charge in [-0.25, -0.2) is 9.97 Å². The lowest BCUT2D eigenvalue weighted by molar-refractivity contribution is 0.259. The maximum absolute atomic E-state index is 6.26. The van der Waals surface area contributed by atoms with Gasteiger partial charge in [-0.2, -0.15) is 5.10 Å². The number of benzene rings is 1. The van der Waals surface area contributed by atoms with Gasteiger partial charge in [-0.1, -0.05) is 23.7 Å². The van der Waals surface area contributed by atoms with Gasteiger partial charge in [0, 0.05) is 42.4 Å². The zero-order valence-corrected chi connectivity index (χ0v) is 15.2. The Balaban J connectivity index is 1.57. The van der Waals surface area contributed by atoms with Crippen LogP contribution in [0.4, 0.5) is 11.6 Å². The fourth-order valence-corrected chi connectivity index (χ4v) is 3.30. The van der Waals surface area contributed by atoms with Crippen LogP contribution in [0, 0.1) is 0 Å². The Labute approximate surface area is 156 Å². The molecule has 4 rings (SSSR count). The summed E-state index contributed by atoms with van der Waals surface area (Å²) in [6, 6.07) is 9.71. The average molecular weight is 370 g/mol. The van der Waals surface area contributed by atoms with Crippen LogP contribution in [0.15, 0.2) is 36.7 Å². The quantitative estimate of drug-likeness (QED) is 0.735. The lowest BCUT2D eigenvalue weighted by Gasteiger charge is -2.22. The van der Waals surface area contributed by atoms with Crippen LogP contribution < -0.4 is 11.1 Å². The van der Waals surface area contributed by atoms with Crippen LogP contribution >= 0.6 is 11.6 Å². The van der Waals surface area contributed by atoms with Gasteiger partial charge in [0.15, 0.2) is 5.82 Å². The van der Waals surface area contributed by atoms with Crippen LogP contribution in [-0.2, 0) is 19.6 Å². The highest BCUT2D eigenvalue weighted by Gasteiger charge is 2.16. The van der Waals surface area contributed by atoms with E-state index in [0.717, 1.165) is 42.3 Å². The summed E-state index contributed by atoms with van der Waals surface area (Å²) in [6.07, 6.45) is 1.53. The van der Waals surface area contributed by atoms with Crippen molar-refractivity contribution in [1.29, 1.82) is 0 Å². The van der Waals surface area contributed by atoms with Crippen molar-refractivity contribution in [3.63, 3.8) is 0 Å². The molecule has 3 heterocycles. The van der Waals surface area contributed by atoms with E-state index in [1.165, 1.54) is 12.0 Å². The van der Waals surface area contributed by atoms with Crippen molar-refractivity contribution in [2.45, 2.75) is 19.6 Å². The number of nitrogens with one attached hydrogen (secondary N) is 1. The molecule has 0 unspecified atom stereocenters. The summed E-state index contributed by atoms with van der Waals surface area (Å²) in [7, 11) is 2.11. The second-order valence-electron chi connectivity index (χ2n) is 6.41. The molecule has 134 valence electrons. The first-order valence-electron chi connectivity index (χ1n) is 8.45. The maximum Gasteiger partial charge on any atom is 0.153 e. The number of halogens is 1. The molecular formula is C18H20ClN7. The van der Waals surface area contributed by atoms with Gasteiger partial charge in [-0.3, -0.25) is 9.58 Å². The van der Waals surface area contributed by atoms with Gasteiger partial charge in [0.1, 0.15) is 12.1 Å². The third-order valence-corrected chi connectivity index (χ3v) is 4.83. The van der Waals surface area contributed by atoms with Gasteiger partial charge in [-0.15, -0.1) is 0 Å². The first kappa shape index (κ1) is 17.0. The molecule has 7 nitrogen and oxygen atoms in total. The molecule has 0 atom stereocenters. The fraction of sp³-hybridized carbons (Fsp3) is 0.278. The highest BCUT2D eigenvalue weighted by molar-refractivity contribution is 6.31. The van der Waals surface area contributed by atoms with Crippen molar-refractivity contribution in [2.75, 3.05) is 18.9 Å². The molecule has 0 fully saturated rings. The highest BCUT2D eigenvalue weighted by atomic mass is 35.5. The Bertz CT molecular complexity index is 937. The first-order valence-corrected chi connectivity index (χ1v) is 8.83. The zero-order chi connectivity index (χ0) is 18.1. The standard InChI is InChI=1S/C18H20ClN7/c1-25-4-5-26-14(10-25)7-18(24-26)23-17-8-16(21-11-22-17)12-2-3-13(9-20)15(19)6-12/h2-3,6-8,11H,4-5,9-10,20H2,1H3,(H,21,22,23,24). The van der Waals surface area contributed by atoms with Crippen LogP contribution in [0.2, 0.25) is 5.02 Å². The Morgan fingerprint density at radius 1 is 1.15 bits per heavy atom. The van der Waals surface area contributed by atoms with Crippen LogP contribution in [0.5, 0.6) is 0 Å². The molecular weight excluding hydrogens is 350 g/mol. The summed E-state index contributed by atoms with van der Waals surface area (Å²) in [5, 5.41) is 8.51. The monoisotopic (exact) mass is 369 g/mol. The van der Waals surface area contributed by atoms with E-state index in [0.29, 0.717) is 17.4 Å². The molecule has 1 aromatic carbocycles. The second kappa shape index (κ2) is 7.03. The Kier molecular flexibility index (Phi) is 4.58. The minimum atomic E-state index is 0.413. The van der Waals surface area contributed by atoms with Crippen LogP contribution in [0.1, 0.15) is 11.3 Å². The molecule has 3 aromatic rings. The van der Waals surface area contributed by atoms with E-state index in [2.05, 4.69) is 38.4 Å². The van der Waals surface area contributed by atoms with Crippen molar-refractivity contribution in [1.82, 2.24) is 24.6 Å². The topological polar surface area (TPSA) is 84.9 Å². The smallest absolute Gasteiger partial charge is 0.153 e. The summed E-state index contributed by atoms with van der Waals surface area (Å²) >= 11 is 6.26. The summed E-state index contributed by atoms with van der Waals surface area (Å²) in [4.78, 5) is 10.9. The van der Waals surface area contributed by atoms with E-state index in [-0.39, 0.29) is 0 Å². The minimum absolute atomic E-state index is 0.413. The Hall–Kier alpha value is -2.48. The molecule has 0 amide bonds. The van der Waals surface area contributed by atoms with Crippen molar-refractivity contribution >= 4 is 23.2 Å². The van der Waals surface area contributed by atoms with E-state index in [4.69, 9.17) is 17.3 Å². The van der Waals surface area contributed by atoms with E-state index >= 15 is 0 Å². The number of likely N-dealkylation sites (N-methyl/N-ethyl adjacent to an activating group) is 1. The molecule has 1 aliphatic rings. The van der Waals surface area contributed by atoms with Gasteiger partial charge >= 0.3 is 0 Å². The molecule has 0 spiro atoms. The SMILES string of the molecule is CN1CCn2nc(Nc3cc(-c4ccc(CN)c(Cl)c4)ncn3)cc2C1. The van der Waals surface area contributed by atoms with Crippen molar-refractivity contribution < 1.29 is 0 Å². The van der Waals surface area contributed by atoms with Gasteiger partial charge < -0.3 is 11.1 Å². The normalized spacial score (nSPS) is 14.3. The summed E-state index contributed by atoms with van der Waals surface area (Å²) in [6.45, 7) is 3.21. The molecule has 2 aromatic heterocycles. The average Bonchev–Trinajstić information content (AvgIpc) is 3.03. The van der Waals surface area contributed by atoms with Gasteiger partial charge in [0.05, 0.1) is 17.9 Å². The number of nitrogens with zero attached hydrogens (tertiary/aromatic N) is 5. The van der Waals surface area contributed by atoms with Crippen LogP contribution in [-0.4, -0.2) is 38.2 Å². The number of hydrogen-bond acceptors (Lipinski definition) is 6. The number of fused-ring (bicyclic) bond motifs is 1. The lowest BCUT2D eigenvalue weighted by Crippen LogP contribution is -2.30. The van der Waals surface area contributed by atoms with Gasteiger partial charge in [-0.05, 0) is 18.7 Å². The highest BCUT2D eigenvalue weighted by Crippen LogP contribution is 2.26. The molecule has 0 radical (unpaired) electrons. The molecule has 1 aliphatic heterocycles. The predicted octanol–water partition coefficient (Wildman–Crippen LogP) is 2.64.